The smallest absolute Gasteiger partial charge is 0.150 e. The number of carbonyl (C=O) groups excluding carboxylic acids is 1. The Labute approximate surface area is 108 Å². The van der Waals surface area contributed by atoms with Gasteiger partial charge in [0.2, 0.25) is 0 Å². The number of anilines is 1. The van der Waals surface area contributed by atoms with E-state index in [1.54, 1.807) is 12.1 Å². The molecule has 1 aromatic carbocycles. The van der Waals surface area contributed by atoms with E-state index in [0.717, 1.165) is 6.54 Å². The average Bonchev–Trinajstić information content (AvgIpc) is 2.39. The summed E-state index contributed by atoms with van der Waals surface area (Å²) in [6, 6.07) is 4.67. The molecule has 0 amide bonds. The fourth-order valence-electron chi connectivity index (χ4n) is 2.76. The molecule has 1 aliphatic rings. The van der Waals surface area contributed by atoms with Crippen LogP contribution in [0.1, 0.15) is 42.5 Å². The van der Waals surface area contributed by atoms with E-state index >= 15 is 0 Å². The topological polar surface area (TPSA) is 20.3 Å². The van der Waals surface area contributed by atoms with Crippen molar-refractivity contribution < 1.29 is 9.18 Å². The molecule has 0 unspecified atom stereocenters. The van der Waals surface area contributed by atoms with Crippen LogP contribution in [0.4, 0.5) is 10.1 Å². The van der Waals surface area contributed by atoms with E-state index in [2.05, 4.69) is 0 Å². The van der Waals surface area contributed by atoms with Gasteiger partial charge in [-0.05, 0) is 37.0 Å². The van der Waals surface area contributed by atoms with Gasteiger partial charge in [0.1, 0.15) is 12.1 Å². The second-order valence-corrected chi connectivity index (χ2v) is 5.21. The summed E-state index contributed by atoms with van der Waals surface area (Å²) in [6.07, 6.45) is 7.10. The summed E-state index contributed by atoms with van der Waals surface area (Å²) in [5.41, 5.74) is 0.980. The number of benzene rings is 1. The Morgan fingerprint density at radius 3 is 2.67 bits per heavy atom. The molecule has 2 rings (SSSR count). The largest absolute Gasteiger partial charge is 0.372 e. The summed E-state index contributed by atoms with van der Waals surface area (Å²) in [5, 5.41) is 0. The van der Waals surface area contributed by atoms with Crippen molar-refractivity contribution in [3.8, 4) is 0 Å². The van der Waals surface area contributed by atoms with Gasteiger partial charge in [0.05, 0.1) is 5.69 Å². The quantitative estimate of drug-likeness (QED) is 0.759. The zero-order valence-corrected chi connectivity index (χ0v) is 10.9. The first kappa shape index (κ1) is 13.1. The van der Waals surface area contributed by atoms with Crippen LogP contribution in [0.25, 0.3) is 0 Å². The SMILES string of the molecule is CN(CC1CCCCC1)c1ccc(C=O)cc1F. The zero-order valence-electron chi connectivity index (χ0n) is 10.9. The summed E-state index contributed by atoms with van der Waals surface area (Å²) in [5.74, 6) is 0.367. The third kappa shape index (κ3) is 3.09. The van der Waals surface area contributed by atoms with E-state index in [-0.39, 0.29) is 5.82 Å². The van der Waals surface area contributed by atoms with Crippen LogP contribution >= 0.6 is 0 Å². The Morgan fingerprint density at radius 1 is 1.33 bits per heavy atom. The van der Waals surface area contributed by atoms with E-state index in [9.17, 15) is 9.18 Å². The lowest BCUT2D eigenvalue weighted by Crippen LogP contribution is -2.27. The van der Waals surface area contributed by atoms with Gasteiger partial charge in [0.15, 0.2) is 0 Å². The van der Waals surface area contributed by atoms with Crippen molar-refractivity contribution in [2.45, 2.75) is 32.1 Å². The highest BCUT2D eigenvalue weighted by molar-refractivity contribution is 5.75. The molecule has 0 radical (unpaired) electrons. The second kappa shape index (κ2) is 5.98. The van der Waals surface area contributed by atoms with Crippen LogP contribution in [0.2, 0.25) is 0 Å². The Kier molecular flexibility index (Phi) is 4.34. The summed E-state index contributed by atoms with van der Waals surface area (Å²) in [6.45, 7) is 0.900. The van der Waals surface area contributed by atoms with Crippen LogP contribution in [0, 0.1) is 11.7 Å². The maximum atomic E-state index is 13.8. The third-order valence-electron chi connectivity index (χ3n) is 3.78. The van der Waals surface area contributed by atoms with Crippen LogP contribution < -0.4 is 4.90 Å². The van der Waals surface area contributed by atoms with Crippen LogP contribution in [0.15, 0.2) is 18.2 Å². The van der Waals surface area contributed by atoms with Gasteiger partial charge >= 0.3 is 0 Å². The molecule has 0 saturated heterocycles. The van der Waals surface area contributed by atoms with Gasteiger partial charge in [0.25, 0.3) is 0 Å². The van der Waals surface area contributed by atoms with Gasteiger partial charge in [-0.3, -0.25) is 4.79 Å². The van der Waals surface area contributed by atoms with Crippen molar-refractivity contribution in [3.63, 3.8) is 0 Å². The Bertz CT molecular complexity index is 413. The van der Waals surface area contributed by atoms with Gasteiger partial charge in [-0.15, -0.1) is 0 Å². The summed E-state index contributed by atoms with van der Waals surface area (Å²) < 4.78 is 13.8. The zero-order chi connectivity index (χ0) is 13.0. The molecule has 0 spiro atoms. The lowest BCUT2D eigenvalue weighted by Gasteiger charge is -2.28. The molecule has 1 aromatic rings. The van der Waals surface area contributed by atoms with Crippen molar-refractivity contribution in [3.05, 3.63) is 29.6 Å². The van der Waals surface area contributed by atoms with E-state index < -0.39 is 0 Å². The number of carbonyl (C=O) groups is 1. The molecule has 0 atom stereocenters. The van der Waals surface area contributed by atoms with E-state index in [1.165, 1.54) is 38.2 Å². The van der Waals surface area contributed by atoms with Crippen LogP contribution in [-0.2, 0) is 0 Å². The molecule has 1 fully saturated rings. The predicted octanol–water partition coefficient (Wildman–Crippen LogP) is 3.65. The number of hydrogen-bond donors (Lipinski definition) is 0. The van der Waals surface area contributed by atoms with Gasteiger partial charge in [-0.1, -0.05) is 19.3 Å². The summed E-state index contributed by atoms with van der Waals surface area (Å²) >= 11 is 0. The standard InChI is InChI=1S/C15H20FNO/c1-17(10-12-5-3-2-4-6-12)15-8-7-13(11-18)9-14(15)16/h7-9,11-12H,2-6,10H2,1H3. The summed E-state index contributed by atoms with van der Waals surface area (Å²) in [7, 11) is 1.92. The second-order valence-electron chi connectivity index (χ2n) is 5.21. The number of aldehydes is 1. The molecule has 0 N–H and O–H groups in total. The number of rotatable bonds is 4. The average molecular weight is 249 g/mol. The molecular weight excluding hydrogens is 229 g/mol. The highest BCUT2D eigenvalue weighted by Crippen LogP contribution is 2.27. The minimum Gasteiger partial charge on any atom is -0.372 e. The highest BCUT2D eigenvalue weighted by Gasteiger charge is 2.17. The van der Waals surface area contributed by atoms with Gasteiger partial charge in [-0.2, -0.15) is 0 Å². The van der Waals surface area contributed by atoms with E-state index in [1.807, 2.05) is 11.9 Å². The number of hydrogen-bond acceptors (Lipinski definition) is 2. The highest BCUT2D eigenvalue weighted by atomic mass is 19.1. The maximum Gasteiger partial charge on any atom is 0.150 e. The van der Waals surface area contributed by atoms with Crippen LogP contribution in [0.5, 0.6) is 0 Å². The molecule has 3 heteroatoms. The molecule has 18 heavy (non-hydrogen) atoms. The third-order valence-corrected chi connectivity index (χ3v) is 3.78. The molecule has 2 nitrogen and oxygen atoms in total. The predicted molar refractivity (Wildman–Crippen MR) is 71.6 cm³/mol. The fourth-order valence-corrected chi connectivity index (χ4v) is 2.76. The van der Waals surface area contributed by atoms with Gasteiger partial charge < -0.3 is 4.90 Å². The van der Waals surface area contributed by atoms with Crippen molar-refractivity contribution in [1.29, 1.82) is 0 Å². The lowest BCUT2D eigenvalue weighted by atomic mass is 9.89. The minimum atomic E-state index is -0.307. The fraction of sp³-hybridized carbons (Fsp3) is 0.533. The van der Waals surface area contributed by atoms with E-state index in [0.29, 0.717) is 23.5 Å². The summed E-state index contributed by atoms with van der Waals surface area (Å²) in [4.78, 5) is 12.5. The Morgan fingerprint density at radius 2 is 2.06 bits per heavy atom. The number of nitrogens with zero attached hydrogens (tertiary/aromatic N) is 1. The van der Waals surface area contributed by atoms with Gasteiger partial charge in [0, 0.05) is 19.2 Å². The molecule has 0 aromatic heterocycles. The van der Waals surface area contributed by atoms with Crippen molar-refractivity contribution >= 4 is 12.0 Å². The first-order valence-electron chi connectivity index (χ1n) is 6.66. The maximum absolute atomic E-state index is 13.8. The van der Waals surface area contributed by atoms with Crippen molar-refractivity contribution in [2.75, 3.05) is 18.5 Å². The molecule has 0 heterocycles. The van der Waals surface area contributed by atoms with Crippen molar-refractivity contribution in [2.24, 2.45) is 5.92 Å². The van der Waals surface area contributed by atoms with Crippen LogP contribution in [0.3, 0.4) is 0 Å². The molecule has 0 aliphatic heterocycles. The normalized spacial score (nSPS) is 16.6. The van der Waals surface area contributed by atoms with E-state index in [4.69, 9.17) is 0 Å². The molecule has 98 valence electrons. The van der Waals surface area contributed by atoms with Crippen LogP contribution in [-0.4, -0.2) is 19.9 Å². The first-order valence-corrected chi connectivity index (χ1v) is 6.66. The Hall–Kier alpha value is -1.38. The van der Waals surface area contributed by atoms with Crippen molar-refractivity contribution in [1.82, 2.24) is 0 Å². The number of halogens is 1. The molecule has 1 saturated carbocycles. The lowest BCUT2D eigenvalue weighted by molar-refractivity contribution is 0.112. The first-order chi connectivity index (χ1) is 8.70. The molecule has 0 bridgehead atoms. The molecule has 1 aliphatic carbocycles. The Balaban J connectivity index is 2.03. The van der Waals surface area contributed by atoms with Gasteiger partial charge in [-0.25, -0.2) is 4.39 Å². The molecular formula is C15H20FNO. The monoisotopic (exact) mass is 249 g/mol. The minimum absolute atomic E-state index is 0.307.